The monoisotopic (exact) mass is 556 g/mol. The molecule has 0 unspecified atom stereocenters. The topological polar surface area (TPSA) is 0 Å². The molecule has 44 heavy (non-hydrogen) atoms. The lowest BCUT2D eigenvalue weighted by atomic mass is 9.85. The normalized spacial score (nSPS) is 11.6. The van der Waals surface area contributed by atoms with Crippen LogP contribution < -0.4 is 0 Å². The highest BCUT2D eigenvalue weighted by atomic mass is 14.2. The molecular weight excluding hydrogens is 528 g/mol. The molecule has 0 nitrogen and oxygen atoms in total. The van der Waals surface area contributed by atoms with E-state index in [-0.39, 0.29) is 0 Å². The Kier molecular flexibility index (Phi) is 5.61. The molecule has 0 heteroatoms. The van der Waals surface area contributed by atoms with E-state index in [0.29, 0.717) is 0 Å². The second-order valence-electron chi connectivity index (χ2n) is 11.6. The van der Waals surface area contributed by atoms with Gasteiger partial charge in [0.05, 0.1) is 0 Å². The summed E-state index contributed by atoms with van der Waals surface area (Å²) in [5.74, 6) is 0. The van der Waals surface area contributed by atoms with Crippen molar-refractivity contribution in [3.05, 3.63) is 170 Å². The summed E-state index contributed by atoms with van der Waals surface area (Å²) in [5.41, 5.74) is 7.40. The van der Waals surface area contributed by atoms with Crippen molar-refractivity contribution in [2.75, 3.05) is 0 Å². The molecule has 204 valence electrons. The number of benzene rings is 9. The van der Waals surface area contributed by atoms with Crippen LogP contribution in [0.4, 0.5) is 0 Å². The first-order chi connectivity index (χ1) is 21.8. The van der Waals surface area contributed by atoms with E-state index in [1.54, 1.807) is 0 Å². The Balaban J connectivity index is 1.34. The molecule has 0 saturated heterocycles. The summed E-state index contributed by atoms with van der Waals surface area (Å²) in [7, 11) is 0. The molecule has 0 spiro atoms. The zero-order valence-corrected chi connectivity index (χ0v) is 24.2. The molecule has 0 aliphatic carbocycles. The molecule has 0 N–H and O–H groups in total. The molecule has 0 aromatic heterocycles. The third-order valence-corrected chi connectivity index (χ3v) is 9.23. The third-order valence-electron chi connectivity index (χ3n) is 9.23. The highest BCUT2D eigenvalue weighted by Gasteiger charge is 2.17. The summed E-state index contributed by atoms with van der Waals surface area (Å²) in [6.45, 7) is 0. The lowest BCUT2D eigenvalue weighted by molar-refractivity contribution is 1.58. The van der Waals surface area contributed by atoms with Crippen molar-refractivity contribution in [1.29, 1.82) is 0 Å². The Morgan fingerprint density at radius 3 is 1.20 bits per heavy atom. The second-order valence-corrected chi connectivity index (χ2v) is 11.6. The SMILES string of the molecule is c1ccc(-c2cccc(-c3ccccc3-c3ccc4c(c3)c3ccccc3c3c5ccccc5c5ccccc5c43)c2)cc1. The highest BCUT2D eigenvalue weighted by Crippen LogP contribution is 2.45. The smallest absolute Gasteiger partial charge is 0.00139 e. The first-order valence-corrected chi connectivity index (χ1v) is 15.3. The molecule has 0 radical (unpaired) electrons. The zero-order chi connectivity index (χ0) is 29.0. The van der Waals surface area contributed by atoms with Gasteiger partial charge in [-0.2, -0.15) is 0 Å². The molecule has 0 aliphatic rings. The Morgan fingerprint density at radius 2 is 0.614 bits per heavy atom. The fourth-order valence-electron chi connectivity index (χ4n) is 7.27. The van der Waals surface area contributed by atoms with Gasteiger partial charge in [-0.05, 0) is 99.4 Å². The quantitative estimate of drug-likeness (QED) is 0.190. The molecular formula is C44H28. The molecule has 0 saturated carbocycles. The van der Waals surface area contributed by atoms with Gasteiger partial charge in [0.15, 0.2) is 0 Å². The summed E-state index contributed by atoms with van der Waals surface area (Å²) in [6, 6.07) is 62.2. The lowest BCUT2D eigenvalue weighted by Crippen LogP contribution is -1.90. The molecule has 9 rings (SSSR count). The fraction of sp³-hybridized carbons (Fsp3) is 0. The van der Waals surface area contributed by atoms with Crippen LogP contribution in [0, 0.1) is 0 Å². The maximum atomic E-state index is 2.42. The first kappa shape index (κ1) is 24.8. The van der Waals surface area contributed by atoms with Crippen LogP contribution in [-0.2, 0) is 0 Å². The van der Waals surface area contributed by atoms with Crippen LogP contribution >= 0.6 is 0 Å². The minimum atomic E-state index is 1.22. The van der Waals surface area contributed by atoms with Gasteiger partial charge in [-0.25, -0.2) is 0 Å². The number of hydrogen-bond acceptors (Lipinski definition) is 0. The number of rotatable bonds is 3. The summed E-state index contributed by atoms with van der Waals surface area (Å²) < 4.78 is 0. The van der Waals surface area contributed by atoms with Crippen LogP contribution in [0.15, 0.2) is 170 Å². The number of hydrogen-bond donors (Lipinski definition) is 0. The fourth-order valence-corrected chi connectivity index (χ4v) is 7.27. The van der Waals surface area contributed by atoms with E-state index < -0.39 is 0 Å². The lowest BCUT2D eigenvalue weighted by Gasteiger charge is -2.17. The molecule has 0 amide bonds. The summed E-state index contributed by atoms with van der Waals surface area (Å²) in [6.07, 6.45) is 0. The van der Waals surface area contributed by atoms with Crippen molar-refractivity contribution in [3.8, 4) is 33.4 Å². The van der Waals surface area contributed by atoms with E-state index in [0.717, 1.165) is 0 Å². The Morgan fingerprint density at radius 1 is 0.205 bits per heavy atom. The molecule has 9 aromatic carbocycles. The van der Waals surface area contributed by atoms with Crippen LogP contribution in [0.25, 0.3) is 87.2 Å². The van der Waals surface area contributed by atoms with Gasteiger partial charge in [0, 0.05) is 0 Å². The van der Waals surface area contributed by atoms with Gasteiger partial charge >= 0.3 is 0 Å². The van der Waals surface area contributed by atoms with Crippen molar-refractivity contribution >= 4 is 53.9 Å². The Bertz CT molecular complexity index is 2540. The van der Waals surface area contributed by atoms with Gasteiger partial charge < -0.3 is 0 Å². The van der Waals surface area contributed by atoms with Crippen LogP contribution in [0.5, 0.6) is 0 Å². The van der Waals surface area contributed by atoms with Crippen LogP contribution in [-0.4, -0.2) is 0 Å². The Hall–Kier alpha value is -5.72. The van der Waals surface area contributed by atoms with Gasteiger partial charge in [0.2, 0.25) is 0 Å². The maximum Gasteiger partial charge on any atom is -0.00139 e. The summed E-state index contributed by atoms with van der Waals surface area (Å²) in [4.78, 5) is 0. The van der Waals surface area contributed by atoms with E-state index in [1.165, 1.54) is 87.2 Å². The van der Waals surface area contributed by atoms with Gasteiger partial charge in [-0.3, -0.25) is 0 Å². The van der Waals surface area contributed by atoms with Gasteiger partial charge in [-0.1, -0.05) is 158 Å². The maximum absolute atomic E-state index is 2.42. The second kappa shape index (κ2) is 9.93. The summed E-state index contributed by atoms with van der Waals surface area (Å²) >= 11 is 0. The van der Waals surface area contributed by atoms with E-state index in [1.807, 2.05) is 0 Å². The minimum absolute atomic E-state index is 1.22. The predicted octanol–water partition coefficient (Wildman–Crippen LogP) is 12.5. The first-order valence-electron chi connectivity index (χ1n) is 15.3. The van der Waals surface area contributed by atoms with E-state index >= 15 is 0 Å². The molecule has 0 atom stereocenters. The van der Waals surface area contributed by atoms with Crippen molar-refractivity contribution < 1.29 is 0 Å². The van der Waals surface area contributed by atoms with Crippen LogP contribution in [0.1, 0.15) is 0 Å². The molecule has 9 aromatic rings. The van der Waals surface area contributed by atoms with Gasteiger partial charge in [0.1, 0.15) is 0 Å². The van der Waals surface area contributed by atoms with Crippen molar-refractivity contribution in [3.63, 3.8) is 0 Å². The summed E-state index contributed by atoms with van der Waals surface area (Å²) in [5, 5.41) is 13.1. The van der Waals surface area contributed by atoms with E-state index in [4.69, 9.17) is 0 Å². The van der Waals surface area contributed by atoms with E-state index in [9.17, 15) is 0 Å². The molecule has 0 heterocycles. The van der Waals surface area contributed by atoms with Crippen molar-refractivity contribution in [2.24, 2.45) is 0 Å². The molecule has 0 fully saturated rings. The average molecular weight is 557 g/mol. The average Bonchev–Trinajstić information content (AvgIpc) is 3.11. The Labute approximate surface area is 256 Å². The van der Waals surface area contributed by atoms with Crippen molar-refractivity contribution in [1.82, 2.24) is 0 Å². The minimum Gasteiger partial charge on any atom is -0.0622 e. The highest BCUT2D eigenvalue weighted by molar-refractivity contribution is 6.39. The largest absolute Gasteiger partial charge is 0.0622 e. The van der Waals surface area contributed by atoms with Gasteiger partial charge in [-0.15, -0.1) is 0 Å². The molecule has 0 bridgehead atoms. The van der Waals surface area contributed by atoms with Crippen LogP contribution in [0.3, 0.4) is 0 Å². The van der Waals surface area contributed by atoms with Gasteiger partial charge in [0.25, 0.3) is 0 Å². The number of fused-ring (bicyclic) bond motifs is 11. The standard InChI is InChI=1S/C44H28/c1-2-13-29(14-3-1)30-15-12-16-31(27-30)33-17-4-5-18-34(33)32-25-26-41-42(28-32)37-21-8-11-24-40(37)43-38-22-9-6-19-35(38)36-20-7-10-23-39(36)44(41)43/h1-28H. The third kappa shape index (κ3) is 3.78. The predicted molar refractivity (Wildman–Crippen MR) is 190 cm³/mol. The van der Waals surface area contributed by atoms with Crippen molar-refractivity contribution in [2.45, 2.75) is 0 Å². The van der Waals surface area contributed by atoms with Crippen LogP contribution in [0.2, 0.25) is 0 Å². The van der Waals surface area contributed by atoms with E-state index in [2.05, 4.69) is 170 Å². The molecule has 0 aliphatic heterocycles. The zero-order valence-electron chi connectivity index (χ0n) is 24.2.